The van der Waals surface area contributed by atoms with Gasteiger partial charge in [0.15, 0.2) is 0 Å². The summed E-state index contributed by atoms with van der Waals surface area (Å²) in [5, 5.41) is 8.90. The third-order valence-corrected chi connectivity index (χ3v) is 3.07. The number of hydrogen-bond acceptors (Lipinski definition) is 4. The summed E-state index contributed by atoms with van der Waals surface area (Å²) >= 11 is 1.19. The van der Waals surface area contributed by atoms with E-state index in [1.165, 1.54) is 11.8 Å². The van der Waals surface area contributed by atoms with Gasteiger partial charge < -0.3 is 5.11 Å². The number of para-hydroxylation sites is 2. The molecule has 82 valence electrons. The lowest BCUT2D eigenvalue weighted by Gasteiger charge is -2.05. The van der Waals surface area contributed by atoms with Crippen LogP contribution in [0.15, 0.2) is 35.5 Å². The first-order chi connectivity index (χ1) is 7.66. The molecule has 0 bridgehead atoms. The molecule has 0 aliphatic heterocycles. The Labute approximate surface area is 96.7 Å². The minimum Gasteiger partial charge on any atom is -0.480 e. The van der Waals surface area contributed by atoms with E-state index in [9.17, 15) is 4.79 Å². The fourth-order valence-electron chi connectivity index (χ4n) is 1.23. The molecule has 0 amide bonds. The fourth-order valence-corrected chi connectivity index (χ4v) is 1.96. The minimum atomic E-state index is -0.847. The van der Waals surface area contributed by atoms with Crippen molar-refractivity contribution < 1.29 is 9.90 Å². The number of carboxylic acids is 1. The predicted octanol–water partition coefficient (Wildman–Crippen LogP) is 2.19. The summed E-state index contributed by atoms with van der Waals surface area (Å²) in [5.41, 5.74) is 1.60. The summed E-state index contributed by atoms with van der Waals surface area (Å²) in [4.78, 5) is 19.3. The Morgan fingerprint density at radius 1 is 1.38 bits per heavy atom. The lowest BCUT2D eigenvalue weighted by atomic mass is 10.3. The molecule has 16 heavy (non-hydrogen) atoms. The first kappa shape index (κ1) is 10.9. The third-order valence-electron chi connectivity index (χ3n) is 2.07. The lowest BCUT2D eigenvalue weighted by Crippen LogP contribution is -2.11. The highest BCUT2D eigenvalue weighted by Crippen LogP contribution is 2.22. The Hall–Kier alpha value is -1.62. The zero-order chi connectivity index (χ0) is 11.5. The number of benzene rings is 1. The van der Waals surface area contributed by atoms with Gasteiger partial charge in [0.05, 0.1) is 17.2 Å². The van der Waals surface area contributed by atoms with Crippen molar-refractivity contribution in [3.63, 3.8) is 0 Å². The van der Waals surface area contributed by atoms with Gasteiger partial charge in [0.2, 0.25) is 0 Å². The molecular formula is C11H10N2O2S. The molecule has 0 aliphatic carbocycles. The van der Waals surface area contributed by atoms with Gasteiger partial charge in [0.25, 0.3) is 0 Å². The number of fused-ring (bicyclic) bond motifs is 1. The number of aliphatic carboxylic acids is 1. The van der Waals surface area contributed by atoms with Crippen molar-refractivity contribution in [2.75, 3.05) is 0 Å². The highest BCUT2D eigenvalue weighted by Gasteiger charge is 2.13. The second-order valence-electron chi connectivity index (χ2n) is 3.30. The Kier molecular flexibility index (Phi) is 3.05. The highest BCUT2D eigenvalue weighted by atomic mass is 32.2. The number of nitrogens with zero attached hydrogens (tertiary/aromatic N) is 2. The second kappa shape index (κ2) is 4.49. The van der Waals surface area contributed by atoms with E-state index >= 15 is 0 Å². The first-order valence-corrected chi connectivity index (χ1v) is 5.66. The molecule has 0 aliphatic rings. The van der Waals surface area contributed by atoms with Crippen LogP contribution in [0.1, 0.15) is 6.92 Å². The van der Waals surface area contributed by atoms with Crippen molar-refractivity contribution in [3.05, 3.63) is 30.5 Å². The molecule has 1 atom stereocenters. The fraction of sp³-hybridized carbons (Fsp3) is 0.182. The molecule has 1 aromatic heterocycles. The van der Waals surface area contributed by atoms with Crippen LogP contribution in [-0.4, -0.2) is 26.3 Å². The Balaban J connectivity index is 2.29. The number of rotatable bonds is 3. The lowest BCUT2D eigenvalue weighted by molar-refractivity contribution is -0.136. The molecule has 0 spiro atoms. The van der Waals surface area contributed by atoms with E-state index in [1.807, 2.05) is 24.3 Å². The van der Waals surface area contributed by atoms with Crippen LogP contribution in [0.2, 0.25) is 0 Å². The standard InChI is InChI=1S/C11H10N2O2S/c1-7(11(14)15)16-10-6-12-8-4-2-3-5-9(8)13-10/h2-7H,1H3,(H,14,15)/t7-/m0/s1. The monoisotopic (exact) mass is 234 g/mol. The second-order valence-corrected chi connectivity index (χ2v) is 4.66. The Bertz CT molecular complexity index is 530. The predicted molar refractivity (Wildman–Crippen MR) is 62.5 cm³/mol. The van der Waals surface area contributed by atoms with Gasteiger partial charge in [-0.25, -0.2) is 4.98 Å². The maximum atomic E-state index is 10.7. The summed E-state index contributed by atoms with van der Waals surface area (Å²) in [5.74, 6) is -0.847. The molecule has 0 unspecified atom stereocenters. The Morgan fingerprint density at radius 3 is 2.75 bits per heavy atom. The van der Waals surface area contributed by atoms with Crippen molar-refractivity contribution in [1.82, 2.24) is 9.97 Å². The van der Waals surface area contributed by atoms with Crippen molar-refractivity contribution in [3.8, 4) is 0 Å². The van der Waals surface area contributed by atoms with Crippen LogP contribution >= 0.6 is 11.8 Å². The van der Waals surface area contributed by atoms with E-state index in [-0.39, 0.29) is 0 Å². The molecule has 0 fully saturated rings. The summed E-state index contributed by atoms with van der Waals surface area (Å²) in [6, 6.07) is 7.50. The molecule has 2 rings (SSSR count). The SMILES string of the molecule is C[C@H](Sc1cnc2ccccc2n1)C(=O)O. The average Bonchev–Trinajstić information content (AvgIpc) is 2.28. The molecular weight excluding hydrogens is 224 g/mol. The average molecular weight is 234 g/mol. The Morgan fingerprint density at radius 2 is 2.06 bits per heavy atom. The van der Waals surface area contributed by atoms with E-state index in [1.54, 1.807) is 13.1 Å². The van der Waals surface area contributed by atoms with Crippen LogP contribution < -0.4 is 0 Å². The molecule has 1 N–H and O–H groups in total. The van der Waals surface area contributed by atoms with E-state index < -0.39 is 11.2 Å². The summed E-state index contributed by atoms with van der Waals surface area (Å²) in [6.07, 6.45) is 1.60. The molecule has 2 aromatic rings. The highest BCUT2D eigenvalue weighted by molar-refractivity contribution is 8.00. The van der Waals surface area contributed by atoms with Crippen LogP contribution in [0.5, 0.6) is 0 Å². The summed E-state index contributed by atoms with van der Waals surface area (Å²) in [6.45, 7) is 1.63. The molecule has 0 radical (unpaired) electrons. The van der Waals surface area contributed by atoms with Crippen LogP contribution in [0.25, 0.3) is 11.0 Å². The largest absolute Gasteiger partial charge is 0.480 e. The van der Waals surface area contributed by atoms with Crippen molar-refractivity contribution >= 4 is 28.8 Å². The smallest absolute Gasteiger partial charge is 0.316 e. The van der Waals surface area contributed by atoms with Gasteiger partial charge in [0, 0.05) is 0 Å². The number of hydrogen-bond donors (Lipinski definition) is 1. The zero-order valence-electron chi connectivity index (χ0n) is 8.62. The van der Waals surface area contributed by atoms with Crippen molar-refractivity contribution in [2.24, 2.45) is 0 Å². The number of thioether (sulfide) groups is 1. The first-order valence-electron chi connectivity index (χ1n) is 4.78. The molecule has 0 saturated carbocycles. The van der Waals surface area contributed by atoms with E-state index in [0.717, 1.165) is 11.0 Å². The van der Waals surface area contributed by atoms with Gasteiger partial charge in [-0.1, -0.05) is 23.9 Å². The summed E-state index contributed by atoms with van der Waals surface area (Å²) < 4.78 is 0. The van der Waals surface area contributed by atoms with Crippen molar-refractivity contribution in [2.45, 2.75) is 17.2 Å². The van der Waals surface area contributed by atoms with Gasteiger partial charge in [0.1, 0.15) is 10.3 Å². The van der Waals surface area contributed by atoms with Crippen LogP contribution in [0.3, 0.4) is 0 Å². The maximum Gasteiger partial charge on any atom is 0.316 e. The van der Waals surface area contributed by atoms with Gasteiger partial charge in [-0.2, -0.15) is 0 Å². The van der Waals surface area contributed by atoms with Crippen LogP contribution in [0.4, 0.5) is 0 Å². The zero-order valence-corrected chi connectivity index (χ0v) is 9.44. The van der Waals surface area contributed by atoms with Gasteiger partial charge in [-0.15, -0.1) is 0 Å². The van der Waals surface area contributed by atoms with Crippen LogP contribution in [0, 0.1) is 0 Å². The number of carboxylic acid groups (broad SMARTS) is 1. The quantitative estimate of drug-likeness (QED) is 0.825. The normalized spacial score (nSPS) is 12.6. The maximum absolute atomic E-state index is 10.7. The van der Waals surface area contributed by atoms with Gasteiger partial charge in [-0.05, 0) is 19.1 Å². The molecule has 0 saturated heterocycles. The van der Waals surface area contributed by atoms with E-state index in [2.05, 4.69) is 9.97 Å². The number of aromatic nitrogens is 2. The van der Waals surface area contributed by atoms with Gasteiger partial charge >= 0.3 is 5.97 Å². The minimum absolute atomic E-state index is 0.518. The summed E-state index contributed by atoms with van der Waals surface area (Å²) in [7, 11) is 0. The van der Waals surface area contributed by atoms with E-state index in [4.69, 9.17) is 5.11 Å². The topological polar surface area (TPSA) is 63.1 Å². The molecule has 5 heteroatoms. The molecule has 1 aromatic carbocycles. The molecule has 4 nitrogen and oxygen atoms in total. The number of carbonyl (C=O) groups is 1. The van der Waals surface area contributed by atoms with Crippen molar-refractivity contribution in [1.29, 1.82) is 0 Å². The van der Waals surface area contributed by atoms with Gasteiger partial charge in [-0.3, -0.25) is 9.78 Å². The third kappa shape index (κ3) is 2.30. The molecule has 1 heterocycles. The van der Waals surface area contributed by atoms with Crippen LogP contribution in [-0.2, 0) is 4.79 Å². The van der Waals surface area contributed by atoms with E-state index in [0.29, 0.717) is 5.03 Å².